The molecule has 2 saturated heterocycles. The first-order chi connectivity index (χ1) is 30.9. The lowest BCUT2D eigenvalue weighted by molar-refractivity contribution is -0.136. The smallest absolute Gasteiger partial charge is 0.264 e. The molecule has 3 aromatic heterocycles. The third-order valence-electron chi connectivity index (χ3n) is 12.1. The first-order valence-corrected chi connectivity index (χ1v) is 22.5. The zero-order valence-corrected chi connectivity index (χ0v) is 37.0. The molecule has 5 aromatic rings. The van der Waals surface area contributed by atoms with Crippen molar-refractivity contribution in [2.75, 3.05) is 37.2 Å². The van der Waals surface area contributed by atoms with Gasteiger partial charge in [0.05, 0.1) is 34.1 Å². The summed E-state index contributed by atoms with van der Waals surface area (Å²) in [4.78, 5) is 58.3. The average molecular weight is 915 g/mol. The number of rotatable bonds is 18. The minimum absolute atomic E-state index is 0.0782. The minimum Gasteiger partial charge on any atom is -0.482 e. The van der Waals surface area contributed by atoms with E-state index in [1.54, 1.807) is 37.4 Å². The van der Waals surface area contributed by atoms with Crippen molar-refractivity contribution in [2.24, 2.45) is 0 Å². The van der Waals surface area contributed by atoms with Gasteiger partial charge in [-0.15, -0.1) is 5.10 Å². The molecular formula is C45H50Cl2FN11O5. The van der Waals surface area contributed by atoms with E-state index >= 15 is 0 Å². The van der Waals surface area contributed by atoms with E-state index in [2.05, 4.69) is 30.8 Å². The van der Waals surface area contributed by atoms with Crippen LogP contribution in [-0.4, -0.2) is 95.4 Å². The number of carbonyl (C=O) groups is 4. The van der Waals surface area contributed by atoms with Crippen LogP contribution in [0.1, 0.15) is 109 Å². The van der Waals surface area contributed by atoms with Crippen molar-refractivity contribution in [3.8, 4) is 16.9 Å². The van der Waals surface area contributed by atoms with Crippen molar-refractivity contribution in [1.82, 2.24) is 44.9 Å². The summed E-state index contributed by atoms with van der Waals surface area (Å²) in [6, 6.07) is 8.77. The van der Waals surface area contributed by atoms with Crippen LogP contribution < -0.4 is 21.1 Å². The summed E-state index contributed by atoms with van der Waals surface area (Å²) in [5.74, 6) is -2.12. The third kappa shape index (κ3) is 9.91. The van der Waals surface area contributed by atoms with Crippen LogP contribution in [0.5, 0.6) is 5.75 Å². The Hall–Kier alpha value is -5.91. The number of benzene rings is 2. The predicted molar refractivity (Wildman–Crippen MR) is 238 cm³/mol. The fourth-order valence-electron chi connectivity index (χ4n) is 8.69. The van der Waals surface area contributed by atoms with E-state index < -0.39 is 41.6 Å². The van der Waals surface area contributed by atoms with Crippen LogP contribution in [0, 0.1) is 5.82 Å². The maximum atomic E-state index is 14.2. The molecule has 2 fully saturated rings. The SMILES string of the molecule is C[C@@H](Oc1cc(-c2cnn(C3CCCN(CCCc4cn(CCCCCCNc5cccc6c5C(=O)N(C5CCC(=O)NC5=O)C6=O)nn4)C3)c2)cnc1N)c1c(Cl)ccc(F)c1Cl. The number of carbonyl (C=O) groups excluding carboxylic acids is 4. The Morgan fingerprint density at radius 1 is 0.984 bits per heavy atom. The number of nitrogens with one attached hydrogen (secondary N) is 2. The number of nitrogens with two attached hydrogens (primary N) is 1. The summed E-state index contributed by atoms with van der Waals surface area (Å²) >= 11 is 12.5. The molecule has 0 saturated carbocycles. The van der Waals surface area contributed by atoms with Crippen LogP contribution in [0.25, 0.3) is 11.1 Å². The molecular weight excluding hydrogens is 864 g/mol. The number of piperidine rings is 2. The van der Waals surface area contributed by atoms with E-state index in [1.807, 2.05) is 28.0 Å². The lowest BCUT2D eigenvalue weighted by Gasteiger charge is -2.32. The number of ether oxygens (including phenoxy) is 1. The number of pyridine rings is 1. The van der Waals surface area contributed by atoms with Crippen LogP contribution in [0.2, 0.25) is 10.0 Å². The molecule has 8 rings (SSSR count). The van der Waals surface area contributed by atoms with Crippen molar-refractivity contribution in [1.29, 1.82) is 0 Å². The Balaban J connectivity index is 0.741. The lowest BCUT2D eigenvalue weighted by atomic mass is 10.0. The van der Waals surface area contributed by atoms with Gasteiger partial charge in [-0.2, -0.15) is 5.10 Å². The number of amides is 4. The molecule has 3 aliphatic heterocycles. The second kappa shape index (κ2) is 19.9. The first kappa shape index (κ1) is 44.7. The number of imide groups is 2. The van der Waals surface area contributed by atoms with Gasteiger partial charge in [0.15, 0.2) is 11.6 Å². The lowest BCUT2D eigenvalue weighted by Crippen LogP contribution is -2.54. The van der Waals surface area contributed by atoms with Crippen LogP contribution in [0.4, 0.5) is 15.9 Å². The van der Waals surface area contributed by atoms with E-state index in [-0.39, 0.29) is 40.9 Å². The van der Waals surface area contributed by atoms with Crippen LogP contribution >= 0.6 is 23.2 Å². The van der Waals surface area contributed by atoms with Crippen molar-refractivity contribution in [2.45, 2.75) is 95.9 Å². The monoisotopic (exact) mass is 913 g/mol. The molecule has 4 N–H and O–H groups in total. The average Bonchev–Trinajstić information content (AvgIpc) is 4.02. The summed E-state index contributed by atoms with van der Waals surface area (Å²) in [5.41, 5.74) is 10.2. The Bertz CT molecular complexity index is 2550. The molecule has 2 unspecified atom stereocenters. The molecule has 0 aliphatic carbocycles. The summed E-state index contributed by atoms with van der Waals surface area (Å²) in [6.07, 6.45) is 14.7. The fraction of sp³-hybridized carbons (Fsp3) is 0.422. The molecule has 0 spiro atoms. The van der Waals surface area contributed by atoms with Crippen molar-refractivity contribution < 1.29 is 28.3 Å². The quantitative estimate of drug-likeness (QED) is 0.0461. The summed E-state index contributed by atoms with van der Waals surface area (Å²) in [6.45, 7) is 5.98. The van der Waals surface area contributed by atoms with Gasteiger partial charge in [0.2, 0.25) is 11.8 Å². The molecule has 64 heavy (non-hydrogen) atoms. The van der Waals surface area contributed by atoms with Crippen molar-refractivity contribution in [3.63, 3.8) is 0 Å². The number of hydrogen-bond donors (Lipinski definition) is 3. The van der Waals surface area contributed by atoms with Gasteiger partial charge in [-0.05, 0) is 95.3 Å². The third-order valence-corrected chi connectivity index (χ3v) is 12.8. The highest BCUT2D eigenvalue weighted by molar-refractivity contribution is 6.36. The Morgan fingerprint density at radius 2 is 1.83 bits per heavy atom. The zero-order valence-electron chi connectivity index (χ0n) is 35.4. The topological polar surface area (TPSA) is 195 Å². The van der Waals surface area contributed by atoms with Crippen molar-refractivity contribution in [3.05, 3.63) is 99.4 Å². The zero-order chi connectivity index (χ0) is 44.9. The van der Waals surface area contributed by atoms with Gasteiger partial charge in [-0.3, -0.25) is 38.8 Å². The van der Waals surface area contributed by atoms with E-state index in [0.29, 0.717) is 28.6 Å². The molecule has 2 aromatic carbocycles. The van der Waals surface area contributed by atoms with Gasteiger partial charge in [-0.1, -0.05) is 47.3 Å². The van der Waals surface area contributed by atoms with Crippen molar-refractivity contribution >= 4 is 58.3 Å². The molecule has 6 heterocycles. The van der Waals surface area contributed by atoms with Gasteiger partial charge in [0.1, 0.15) is 18.0 Å². The molecule has 3 aliphatic rings. The van der Waals surface area contributed by atoms with Gasteiger partial charge in [-0.25, -0.2) is 9.37 Å². The molecule has 3 atom stereocenters. The molecule has 16 nitrogen and oxygen atoms in total. The number of unbranched alkanes of at least 4 members (excludes halogenated alkanes) is 3. The maximum Gasteiger partial charge on any atom is 0.264 e. The second-order valence-electron chi connectivity index (χ2n) is 16.5. The van der Waals surface area contributed by atoms with E-state index in [1.165, 1.54) is 12.1 Å². The summed E-state index contributed by atoms with van der Waals surface area (Å²) in [7, 11) is 0. The Labute approximate surface area is 379 Å². The number of likely N-dealkylation sites (tertiary alicyclic amines) is 1. The van der Waals surface area contributed by atoms with E-state index in [9.17, 15) is 23.6 Å². The number of aromatic nitrogens is 6. The highest BCUT2D eigenvalue weighted by atomic mass is 35.5. The largest absolute Gasteiger partial charge is 0.482 e. The Morgan fingerprint density at radius 3 is 2.67 bits per heavy atom. The second-order valence-corrected chi connectivity index (χ2v) is 17.3. The minimum atomic E-state index is -0.993. The summed E-state index contributed by atoms with van der Waals surface area (Å²) in [5, 5.41) is 19.2. The number of aryl methyl sites for hydroxylation is 2. The molecule has 336 valence electrons. The van der Waals surface area contributed by atoms with Crippen LogP contribution in [0.3, 0.4) is 0 Å². The maximum absolute atomic E-state index is 14.2. The summed E-state index contributed by atoms with van der Waals surface area (Å²) < 4.78 is 24.2. The molecule has 0 radical (unpaired) electrons. The number of fused-ring (bicyclic) bond motifs is 1. The van der Waals surface area contributed by atoms with Gasteiger partial charge in [0.25, 0.3) is 11.8 Å². The Kier molecular flexibility index (Phi) is 13.9. The van der Waals surface area contributed by atoms with Crippen LogP contribution in [-0.2, 0) is 22.6 Å². The number of hydrogen-bond acceptors (Lipinski definition) is 12. The normalized spacial score (nSPS) is 18.3. The predicted octanol–water partition coefficient (Wildman–Crippen LogP) is 7.05. The molecule has 19 heteroatoms. The van der Waals surface area contributed by atoms with Gasteiger partial charge in [0, 0.05) is 72.0 Å². The van der Waals surface area contributed by atoms with Crippen LogP contribution in [0.15, 0.2) is 61.2 Å². The number of nitrogens with zero attached hydrogens (tertiary/aromatic N) is 8. The number of halogens is 3. The van der Waals surface area contributed by atoms with E-state index in [0.717, 1.165) is 99.3 Å². The van der Waals surface area contributed by atoms with E-state index in [4.69, 9.17) is 38.8 Å². The highest BCUT2D eigenvalue weighted by Crippen LogP contribution is 2.38. The number of anilines is 2. The number of nitrogen functional groups attached to an aromatic ring is 1. The fourth-order valence-corrected chi connectivity index (χ4v) is 9.37. The van der Waals surface area contributed by atoms with Gasteiger partial charge >= 0.3 is 0 Å². The first-order valence-electron chi connectivity index (χ1n) is 21.7. The van der Waals surface area contributed by atoms with Gasteiger partial charge < -0.3 is 20.7 Å². The highest BCUT2D eigenvalue weighted by Gasteiger charge is 2.45. The molecule has 4 amide bonds. The standard InChI is InChI=1S/C45H50Cl2FN11O5/c1-27(39-33(46)13-14-34(48)41(39)47)64-37-21-28(22-51-42(37)49)29-23-52-58(24-29)31-10-8-19-56(26-31)18-7-9-30-25-57(55-54-30)20-5-3-2-4-17-50-35-12-6-11-32-40(35)45(63)59(44(32)62)36-15-16-38(60)53-43(36)61/h6,11-14,21-25,27,31,36,50H,2-5,7-10,15-20,26H2,1H3,(H2,49,51)(H,53,60,61)/t27-,31?,36?/m1/s1. The molecule has 0 bridgehead atoms.